The van der Waals surface area contributed by atoms with Gasteiger partial charge in [0.1, 0.15) is 6.04 Å². The molecule has 172 valence electrons. The first-order valence-electron chi connectivity index (χ1n) is 11.0. The summed E-state index contributed by atoms with van der Waals surface area (Å²) in [6.45, 7) is 7.53. The molecule has 0 saturated heterocycles. The second-order valence-electron chi connectivity index (χ2n) is 8.21. The van der Waals surface area contributed by atoms with Crippen LogP contribution in [0, 0.1) is 6.92 Å². The lowest BCUT2D eigenvalue weighted by Gasteiger charge is -2.18. The zero-order valence-electron chi connectivity index (χ0n) is 19.3. The van der Waals surface area contributed by atoms with Crippen molar-refractivity contribution in [1.82, 2.24) is 5.32 Å². The number of halogens is 1. The number of carboxylic acid groups (broad SMARTS) is 1. The Kier molecular flexibility index (Phi) is 7.77. The Balaban J connectivity index is 1.82. The van der Waals surface area contributed by atoms with Gasteiger partial charge in [0.25, 0.3) is 5.91 Å². The summed E-state index contributed by atoms with van der Waals surface area (Å²) in [6, 6.07) is 19.0. The fourth-order valence-corrected chi connectivity index (χ4v) is 3.80. The Bertz CT molecular complexity index is 1180. The quantitative estimate of drug-likeness (QED) is 0.368. The van der Waals surface area contributed by atoms with Crippen molar-refractivity contribution >= 4 is 29.2 Å². The Morgan fingerprint density at radius 1 is 1.00 bits per heavy atom. The maximum Gasteiger partial charge on any atom is 0.325 e. The molecular formula is C27H29ClN2O3. The van der Waals surface area contributed by atoms with Crippen molar-refractivity contribution in [3.05, 3.63) is 87.9 Å². The predicted molar refractivity (Wildman–Crippen MR) is 134 cm³/mol. The van der Waals surface area contributed by atoms with Crippen molar-refractivity contribution in [2.75, 3.05) is 5.32 Å². The van der Waals surface area contributed by atoms with Crippen molar-refractivity contribution in [2.24, 2.45) is 0 Å². The number of aryl methyl sites for hydroxylation is 2. The van der Waals surface area contributed by atoms with E-state index in [-0.39, 0.29) is 11.9 Å². The second-order valence-corrected chi connectivity index (χ2v) is 8.62. The summed E-state index contributed by atoms with van der Waals surface area (Å²) in [4.78, 5) is 23.6. The van der Waals surface area contributed by atoms with E-state index in [4.69, 9.17) is 16.7 Å². The molecular weight excluding hydrogens is 436 g/mol. The monoisotopic (exact) mass is 464 g/mol. The van der Waals surface area contributed by atoms with Crippen molar-refractivity contribution in [3.63, 3.8) is 0 Å². The number of carbonyl (C=O) groups is 2. The Hall–Kier alpha value is -3.31. The second kappa shape index (κ2) is 10.5. The van der Waals surface area contributed by atoms with Crippen LogP contribution in [0.3, 0.4) is 0 Å². The van der Waals surface area contributed by atoms with Crippen LogP contribution in [0.1, 0.15) is 53.9 Å². The van der Waals surface area contributed by atoms with Crippen LogP contribution in [0.5, 0.6) is 0 Å². The van der Waals surface area contributed by atoms with Gasteiger partial charge < -0.3 is 15.7 Å². The minimum atomic E-state index is -1.06. The number of carboxylic acids is 1. The molecule has 0 heterocycles. The number of anilines is 1. The standard InChI is InChI=1S/C27H29ClN2O3/c1-5-19-14-22(9-11-24(19)26(31)30-18(4)27(32)33)21-7-6-8-23(15-21)29-17(3)20-10-12-25(28)16(2)13-20/h6-15,17-18,29H,5H2,1-4H3,(H,30,31)(H,32,33). The molecule has 5 nitrogen and oxygen atoms in total. The summed E-state index contributed by atoms with van der Waals surface area (Å²) < 4.78 is 0. The number of rotatable bonds is 8. The van der Waals surface area contributed by atoms with Gasteiger partial charge in [0.2, 0.25) is 0 Å². The van der Waals surface area contributed by atoms with Gasteiger partial charge in [0, 0.05) is 22.3 Å². The van der Waals surface area contributed by atoms with E-state index in [1.807, 2.05) is 56.3 Å². The minimum absolute atomic E-state index is 0.102. The van der Waals surface area contributed by atoms with Crippen molar-refractivity contribution in [1.29, 1.82) is 0 Å². The van der Waals surface area contributed by atoms with Crippen LogP contribution in [0.4, 0.5) is 5.69 Å². The number of hydrogen-bond donors (Lipinski definition) is 3. The molecule has 0 aliphatic rings. The van der Waals surface area contributed by atoms with E-state index < -0.39 is 12.0 Å². The number of aliphatic carboxylic acids is 1. The molecule has 2 atom stereocenters. The van der Waals surface area contributed by atoms with Crippen LogP contribution in [-0.4, -0.2) is 23.0 Å². The SMILES string of the molecule is CCc1cc(-c2cccc(NC(C)c3ccc(Cl)c(C)c3)c2)ccc1C(=O)NC(C)C(=O)O. The zero-order chi connectivity index (χ0) is 24.1. The molecule has 6 heteroatoms. The fourth-order valence-electron chi connectivity index (χ4n) is 3.68. The number of amides is 1. The van der Waals surface area contributed by atoms with Crippen LogP contribution in [0.25, 0.3) is 11.1 Å². The predicted octanol–water partition coefficient (Wildman–Crippen LogP) is 6.25. The highest BCUT2D eigenvalue weighted by atomic mass is 35.5. The molecule has 3 aromatic rings. The summed E-state index contributed by atoms with van der Waals surface area (Å²) in [7, 11) is 0. The van der Waals surface area contributed by atoms with Gasteiger partial charge >= 0.3 is 5.97 Å². The van der Waals surface area contributed by atoms with Crippen LogP contribution < -0.4 is 10.6 Å². The molecule has 0 spiro atoms. The van der Waals surface area contributed by atoms with E-state index in [9.17, 15) is 9.59 Å². The molecule has 0 bridgehead atoms. The number of benzene rings is 3. The summed E-state index contributed by atoms with van der Waals surface area (Å²) in [5.41, 5.74) is 6.57. The molecule has 33 heavy (non-hydrogen) atoms. The number of hydrogen-bond acceptors (Lipinski definition) is 3. The molecule has 1 amide bonds. The minimum Gasteiger partial charge on any atom is -0.480 e. The van der Waals surface area contributed by atoms with E-state index in [0.29, 0.717) is 12.0 Å². The van der Waals surface area contributed by atoms with Gasteiger partial charge in [-0.1, -0.05) is 54.9 Å². The maximum atomic E-state index is 12.5. The molecule has 0 radical (unpaired) electrons. The lowest BCUT2D eigenvalue weighted by molar-refractivity contribution is -0.138. The summed E-state index contributed by atoms with van der Waals surface area (Å²) in [5, 5.41) is 15.9. The normalized spacial score (nSPS) is 12.6. The fraction of sp³-hybridized carbons (Fsp3) is 0.259. The van der Waals surface area contributed by atoms with Crippen molar-refractivity contribution in [2.45, 2.75) is 46.2 Å². The van der Waals surface area contributed by atoms with Gasteiger partial charge in [-0.15, -0.1) is 0 Å². The third-order valence-electron chi connectivity index (χ3n) is 5.71. The molecule has 0 saturated carbocycles. The first-order chi connectivity index (χ1) is 15.7. The maximum absolute atomic E-state index is 12.5. The Morgan fingerprint density at radius 3 is 2.39 bits per heavy atom. The van der Waals surface area contributed by atoms with Crippen molar-refractivity contribution in [3.8, 4) is 11.1 Å². The van der Waals surface area contributed by atoms with E-state index >= 15 is 0 Å². The van der Waals surface area contributed by atoms with E-state index in [1.165, 1.54) is 6.92 Å². The summed E-state index contributed by atoms with van der Waals surface area (Å²) >= 11 is 6.16. The molecule has 3 N–H and O–H groups in total. The third-order valence-corrected chi connectivity index (χ3v) is 6.13. The van der Waals surface area contributed by atoms with Gasteiger partial charge in [-0.25, -0.2) is 0 Å². The molecule has 0 fully saturated rings. The zero-order valence-corrected chi connectivity index (χ0v) is 20.0. The van der Waals surface area contributed by atoms with Gasteiger partial charge in [-0.05, 0) is 79.3 Å². The third kappa shape index (κ3) is 5.93. The van der Waals surface area contributed by atoms with Crippen LogP contribution in [0.2, 0.25) is 5.02 Å². The van der Waals surface area contributed by atoms with Gasteiger partial charge in [-0.2, -0.15) is 0 Å². The average Bonchev–Trinajstić information content (AvgIpc) is 2.80. The molecule has 3 rings (SSSR count). The Morgan fingerprint density at radius 2 is 1.73 bits per heavy atom. The van der Waals surface area contributed by atoms with Gasteiger partial charge in [0.05, 0.1) is 0 Å². The summed E-state index contributed by atoms with van der Waals surface area (Å²) in [5.74, 6) is -1.44. The molecule has 2 unspecified atom stereocenters. The Labute approximate surface area is 199 Å². The van der Waals surface area contributed by atoms with Gasteiger partial charge in [0.15, 0.2) is 0 Å². The van der Waals surface area contributed by atoms with Crippen LogP contribution >= 0.6 is 11.6 Å². The first kappa shape index (κ1) is 24.3. The largest absolute Gasteiger partial charge is 0.480 e. The number of nitrogens with one attached hydrogen (secondary N) is 2. The molecule has 0 aromatic heterocycles. The smallest absolute Gasteiger partial charge is 0.325 e. The highest BCUT2D eigenvalue weighted by Gasteiger charge is 2.18. The number of carbonyl (C=O) groups excluding carboxylic acids is 1. The van der Waals surface area contributed by atoms with Crippen LogP contribution in [0.15, 0.2) is 60.7 Å². The van der Waals surface area contributed by atoms with Crippen molar-refractivity contribution < 1.29 is 14.7 Å². The lowest BCUT2D eigenvalue weighted by Crippen LogP contribution is -2.38. The van der Waals surface area contributed by atoms with E-state index in [0.717, 1.165) is 38.5 Å². The molecule has 3 aromatic carbocycles. The lowest BCUT2D eigenvalue weighted by atomic mass is 9.96. The average molecular weight is 465 g/mol. The van der Waals surface area contributed by atoms with Gasteiger partial charge in [-0.3, -0.25) is 9.59 Å². The summed E-state index contributed by atoms with van der Waals surface area (Å²) in [6.07, 6.45) is 0.656. The molecule has 0 aliphatic carbocycles. The first-order valence-corrected chi connectivity index (χ1v) is 11.4. The van der Waals surface area contributed by atoms with E-state index in [1.54, 1.807) is 6.07 Å². The topological polar surface area (TPSA) is 78.4 Å². The molecule has 0 aliphatic heterocycles. The van der Waals surface area contributed by atoms with E-state index in [2.05, 4.69) is 29.7 Å². The highest BCUT2D eigenvalue weighted by Crippen LogP contribution is 2.28. The highest BCUT2D eigenvalue weighted by molar-refractivity contribution is 6.31. The van der Waals surface area contributed by atoms with Crippen LogP contribution in [-0.2, 0) is 11.2 Å².